The van der Waals surface area contributed by atoms with Crippen molar-refractivity contribution < 1.29 is 9.15 Å². The van der Waals surface area contributed by atoms with Crippen LogP contribution < -0.4 is 5.32 Å². The SMILES string of the molecule is COCCC1(CNc2ncnc3oc(C)c(C)c23)CC1. The van der Waals surface area contributed by atoms with E-state index in [2.05, 4.69) is 15.3 Å². The molecule has 0 aliphatic heterocycles. The van der Waals surface area contributed by atoms with E-state index in [0.29, 0.717) is 11.1 Å². The van der Waals surface area contributed by atoms with Gasteiger partial charge in [0.05, 0.1) is 5.39 Å². The van der Waals surface area contributed by atoms with Crippen molar-refractivity contribution in [3.63, 3.8) is 0 Å². The van der Waals surface area contributed by atoms with Crippen LogP contribution in [0.4, 0.5) is 5.82 Å². The number of nitrogens with one attached hydrogen (secondary N) is 1. The van der Waals surface area contributed by atoms with Gasteiger partial charge in [0, 0.05) is 25.8 Å². The summed E-state index contributed by atoms with van der Waals surface area (Å²) in [6.45, 7) is 5.77. The van der Waals surface area contributed by atoms with Crippen LogP contribution in [0.1, 0.15) is 30.6 Å². The molecule has 3 rings (SSSR count). The molecule has 2 heterocycles. The Morgan fingerprint density at radius 3 is 2.85 bits per heavy atom. The zero-order valence-corrected chi connectivity index (χ0v) is 12.3. The minimum Gasteiger partial charge on any atom is -0.443 e. The molecule has 0 aromatic carbocycles. The monoisotopic (exact) mass is 275 g/mol. The van der Waals surface area contributed by atoms with Crippen LogP contribution in [0, 0.1) is 19.3 Å². The molecule has 0 unspecified atom stereocenters. The lowest BCUT2D eigenvalue weighted by Crippen LogP contribution is -2.18. The van der Waals surface area contributed by atoms with E-state index in [-0.39, 0.29) is 0 Å². The highest BCUT2D eigenvalue weighted by Crippen LogP contribution is 2.48. The van der Waals surface area contributed by atoms with E-state index in [4.69, 9.17) is 9.15 Å². The molecule has 5 heteroatoms. The molecule has 0 amide bonds. The summed E-state index contributed by atoms with van der Waals surface area (Å²) in [5, 5.41) is 4.49. The minimum atomic E-state index is 0.389. The zero-order chi connectivity index (χ0) is 14.2. The van der Waals surface area contributed by atoms with Crippen molar-refractivity contribution in [2.45, 2.75) is 33.1 Å². The lowest BCUT2D eigenvalue weighted by molar-refractivity contribution is 0.175. The molecule has 0 spiro atoms. The van der Waals surface area contributed by atoms with Gasteiger partial charge in [0.1, 0.15) is 17.9 Å². The number of furan rings is 1. The Hall–Kier alpha value is -1.62. The van der Waals surface area contributed by atoms with Gasteiger partial charge in [-0.25, -0.2) is 9.97 Å². The molecular formula is C15H21N3O2. The normalized spacial score (nSPS) is 16.6. The lowest BCUT2D eigenvalue weighted by Gasteiger charge is -2.16. The lowest BCUT2D eigenvalue weighted by atomic mass is 10.0. The second-order valence-electron chi connectivity index (χ2n) is 5.78. The number of aromatic nitrogens is 2. The van der Waals surface area contributed by atoms with E-state index in [1.807, 2.05) is 13.8 Å². The van der Waals surface area contributed by atoms with Gasteiger partial charge in [-0.1, -0.05) is 0 Å². The number of methoxy groups -OCH3 is 1. The minimum absolute atomic E-state index is 0.389. The van der Waals surface area contributed by atoms with Crippen LogP contribution in [0.25, 0.3) is 11.1 Å². The van der Waals surface area contributed by atoms with Gasteiger partial charge in [0.25, 0.3) is 0 Å². The van der Waals surface area contributed by atoms with Gasteiger partial charge < -0.3 is 14.5 Å². The fourth-order valence-corrected chi connectivity index (χ4v) is 2.60. The average molecular weight is 275 g/mol. The molecule has 108 valence electrons. The summed E-state index contributed by atoms with van der Waals surface area (Å²) in [5.41, 5.74) is 2.17. The molecule has 2 aromatic heterocycles. The van der Waals surface area contributed by atoms with Crippen molar-refractivity contribution in [3.8, 4) is 0 Å². The molecule has 2 aromatic rings. The predicted molar refractivity (Wildman–Crippen MR) is 77.9 cm³/mol. The van der Waals surface area contributed by atoms with E-state index in [1.54, 1.807) is 13.4 Å². The van der Waals surface area contributed by atoms with Gasteiger partial charge in [0.15, 0.2) is 0 Å². The van der Waals surface area contributed by atoms with Crippen LogP contribution in [0.2, 0.25) is 0 Å². The molecule has 5 nitrogen and oxygen atoms in total. The van der Waals surface area contributed by atoms with E-state index in [9.17, 15) is 0 Å². The number of hydrogen-bond acceptors (Lipinski definition) is 5. The summed E-state index contributed by atoms with van der Waals surface area (Å²) >= 11 is 0. The number of rotatable bonds is 6. The first-order chi connectivity index (χ1) is 9.65. The van der Waals surface area contributed by atoms with Gasteiger partial charge >= 0.3 is 0 Å². The van der Waals surface area contributed by atoms with Crippen LogP contribution in [0.5, 0.6) is 0 Å². The van der Waals surface area contributed by atoms with Crippen molar-refractivity contribution in [1.29, 1.82) is 0 Å². The summed E-state index contributed by atoms with van der Waals surface area (Å²) in [5.74, 6) is 1.79. The highest BCUT2D eigenvalue weighted by molar-refractivity contribution is 5.89. The molecule has 1 saturated carbocycles. The standard InChI is InChI=1S/C15H21N3O2/c1-10-11(2)20-14-12(10)13(17-9-18-14)16-8-15(4-5-15)6-7-19-3/h9H,4-8H2,1-3H3,(H,16,17,18). The van der Waals surface area contributed by atoms with Crippen LogP contribution in [-0.2, 0) is 4.74 Å². The highest BCUT2D eigenvalue weighted by atomic mass is 16.5. The quantitative estimate of drug-likeness (QED) is 0.878. The second-order valence-corrected chi connectivity index (χ2v) is 5.78. The molecule has 0 bridgehead atoms. The summed E-state index contributed by atoms with van der Waals surface area (Å²) < 4.78 is 10.8. The van der Waals surface area contributed by atoms with E-state index in [0.717, 1.165) is 42.1 Å². The van der Waals surface area contributed by atoms with E-state index < -0.39 is 0 Å². The van der Waals surface area contributed by atoms with Crippen molar-refractivity contribution in [2.24, 2.45) is 5.41 Å². The Labute approximate surface area is 118 Å². The summed E-state index contributed by atoms with van der Waals surface area (Å²) in [6, 6.07) is 0. The first-order valence-electron chi connectivity index (χ1n) is 7.09. The van der Waals surface area contributed by atoms with Crippen molar-refractivity contribution in [1.82, 2.24) is 9.97 Å². The summed E-state index contributed by atoms with van der Waals surface area (Å²) in [4.78, 5) is 8.57. The molecule has 20 heavy (non-hydrogen) atoms. The number of anilines is 1. The van der Waals surface area contributed by atoms with Crippen LogP contribution in [0.3, 0.4) is 0 Å². The number of ether oxygens (including phenoxy) is 1. The number of aryl methyl sites for hydroxylation is 2. The fraction of sp³-hybridized carbons (Fsp3) is 0.600. The van der Waals surface area contributed by atoms with Gasteiger partial charge in [-0.05, 0) is 38.5 Å². The smallest absolute Gasteiger partial charge is 0.231 e. The summed E-state index contributed by atoms with van der Waals surface area (Å²) in [7, 11) is 1.76. The third kappa shape index (κ3) is 2.38. The molecule has 1 aliphatic rings. The number of fused-ring (bicyclic) bond motifs is 1. The zero-order valence-electron chi connectivity index (χ0n) is 12.3. The molecular weight excluding hydrogens is 254 g/mol. The predicted octanol–water partition coefficient (Wildman–Crippen LogP) is 3.07. The summed E-state index contributed by atoms with van der Waals surface area (Å²) in [6.07, 6.45) is 5.19. The second kappa shape index (κ2) is 5.05. The van der Waals surface area contributed by atoms with Crippen LogP contribution in [0.15, 0.2) is 10.7 Å². The van der Waals surface area contributed by atoms with Crippen molar-refractivity contribution in [2.75, 3.05) is 25.6 Å². The van der Waals surface area contributed by atoms with E-state index >= 15 is 0 Å². The maximum absolute atomic E-state index is 5.64. The third-order valence-electron chi connectivity index (χ3n) is 4.39. The van der Waals surface area contributed by atoms with Gasteiger partial charge in [-0.2, -0.15) is 0 Å². The Bertz CT molecular complexity index is 617. The Kier molecular flexibility index (Phi) is 3.38. The first-order valence-corrected chi connectivity index (χ1v) is 7.09. The van der Waals surface area contributed by atoms with Gasteiger partial charge in [0.2, 0.25) is 5.71 Å². The average Bonchev–Trinajstić information content (AvgIpc) is 3.16. The Morgan fingerprint density at radius 1 is 1.35 bits per heavy atom. The van der Waals surface area contributed by atoms with Gasteiger partial charge in [-0.15, -0.1) is 0 Å². The Morgan fingerprint density at radius 2 is 2.15 bits per heavy atom. The van der Waals surface area contributed by atoms with Gasteiger partial charge in [-0.3, -0.25) is 0 Å². The molecule has 1 N–H and O–H groups in total. The molecule has 1 fully saturated rings. The highest BCUT2D eigenvalue weighted by Gasteiger charge is 2.41. The first kappa shape index (κ1) is 13.4. The Balaban J connectivity index is 1.78. The van der Waals surface area contributed by atoms with Crippen molar-refractivity contribution >= 4 is 16.9 Å². The molecule has 0 radical (unpaired) electrons. The maximum atomic E-state index is 5.64. The van der Waals surface area contributed by atoms with E-state index in [1.165, 1.54) is 12.8 Å². The topological polar surface area (TPSA) is 60.2 Å². The largest absolute Gasteiger partial charge is 0.443 e. The fourth-order valence-electron chi connectivity index (χ4n) is 2.60. The van der Waals surface area contributed by atoms with Crippen LogP contribution in [-0.4, -0.2) is 30.2 Å². The van der Waals surface area contributed by atoms with Crippen LogP contribution >= 0.6 is 0 Å². The number of nitrogens with zero attached hydrogens (tertiary/aromatic N) is 2. The van der Waals surface area contributed by atoms with Crippen molar-refractivity contribution in [3.05, 3.63) is 17.7 Å². The molecule has 0 saturated heterocycles. The molecule has 0 atom stereocenters. The third-order valence-corrected chi connectivity index (χ3v) is 4.39. The number of hydrogen-bond donors (Lipinski definition) is 1. The maximum Gasteiger partial charge on any atom is 0.231 e. The molecule has 1 aliphatic carbocycles.